The molecule has 1 atom stereocenters. The zero-order valence-corrected chi connectivity index (χ0v) is 11.0. The van der Waals surface area contributed by atoms with Crippen LogP contribution in [-0.4, -0.2) is 21.9 Å². The lowest BCUT2D eigenvalue weighted by Gasteiger charge is -2.17. The number of carbonyl (C=O) groups excluding carboxylic acids is 1. The van der Waals surface area contributed by atoms with E-state index in [1.807, 2.05) is 0 Å². The summed E-state index contributed by atoms with van der Waals surface area (Å²) in [5, 5.41) is 23.0. The number of aromatic nitrogens is 2. The largest absolute Gasteiger partial charge is 0.805 e. The molecule has 1 unspecified atom stereocenters. The molecule has 0 aliphatic heterocycles. The molecule has 1 aromatic carbocycles. The third-order valence-electron chi connectivity index (χ3n) is 2.79. The normalized spacial score (nSPS) is 12.0. The number of para-hydroxylation sites is 2. The van der Waals surface area contributed by atoms with Crippen LogP contribution in [0, 0.1) is 20.2 Å². The predicted molar refractivity (Wildman–Crippen MR) is 70.3 cm³/mol. The highest BCUT2D eigenvalue weighted by atomic mass is 16.7. The van der Waals surface area contributed by atoms with Crippen molar-refractivity contribution in [2.75, 3.05) is 0 Å². The number of nitrogens with zero attached hydrogens (tertiary/aromatic N) is 3. The van der Waals surface area contributed by atoms with Gasteiger partial charge in [0.25, 0.3) is 5.52 Å². The third kappa shape index (κ3) is 2.96. The van der Waals surface area contributed by atoms with Crippen LogP contribution in [0.15, 0.2) is 30.5 Å². The molecule has 0 bridgehead atoms. The van der Waals surface area contributed by atoms with Crippen LogP contribution in [0.25, 0.3) is 11.0 Å². The average molecular weight is 293 g/mol. The van der Waals surface area contributed by atoms with E-state index in [0.29, 0.717) is 9.16 Å². The van der Waals surface area contributed by atoms with E-state index in [4.69, 9.17) is 0 Å². The van der Waals surface area contributed by atoms with Gasteiger partial charge in [-0.05, 0) is 6.07 Å². The molecule has 110 valence electrons. The summed E-state index contributed by atoms with van der Waals surface area (Å²) >= 11 is 0. The molecule has 0 spiro atoms. The topological polar surface area (TPSA) is 120 Å². The number of hydrogen-bond donors (Lipinski definition) is 0. The van der Waals surface area contributed by atoms with Gasteiger partial charge in [-0.15, -0.1) is 0 Å². The van der Waals surface area contributed by atoms with Gasteiger partial charge in [0.1, 0.15) is 11.9 Å². The first-order valence-electron chi connectivity index (χ1n) is 5.94. The quantitative estimate of drug-likeness (QED) is 0.268. The zero-order chi connectivity index (χ0) is 15.6. The van der Waals surface area contributed by atoms with Crippen LogP contribution < -0.4 is 4.43 Å². The number of nitro groups is 1. The van der Waals surface area contributed by atoms with Gasteiger partial charge in [-0.1, -0.05) is 12.1 Å². The molecule has 2 rings (SSSR count). The molecule has 2 aromatic rings. The standard InChI is InChI=1S/C12H11N3O6/c1-8(16)21-12(15(19)20)6-9-7-13(17)10-4-2-3-5-11(10)14(9)18/h2-5,7,12H,6H2,1H3. The Morgan fingerprint density at radius 2 is 2.14 bits per heavy atom. The van der Waals surface area contributed by atoms with Crippen molar-refractivity contribution in [3.05, 3.63) is 56.4 Å². The summed E-state index contributed by atoms with van der Waals surface area (Å²) in [6.45, 7) is 1.02. The van der Waals surface area contributed by atoms with Crippen LogP contribution >= 0.6 is 0 Å². The van der Waals surface area contributed by atoms with Crippen LogP contribution in [0.4, 0.5) is 0 Å². The second-order valence-corrected chi connectivity index (χ2v) is 4.28. The van der Waals surface area contributed by atoms with E-state index < -0.39 is 23.5 Å². The highest BCUT2D eigenvalue weighted by molar-refractivity contribution is 5.71. The fourth-order valence-electron chi connectivity index (χ4n) is 1.90. The van der Waals surface area contributed by atoms with Crippen molar-refractivity contribution < 1.29 is 18.9 Å². The average Bonchev–Trinajstić information content (AvgIpc) is 2.43. The van der Waals surface area contributed by atoms with Gasteiger partial charge < -0.3 is 14.7 Å². The van der Waals surface area contributed by atoms with Crippen molar-refractivity contribution in [2.24, 2.45) is 0 Å². The molecule has 0 fully saturated rings. The summed E-state index contributed by atoms with van der Waals surface area (Å²) in [5.41, 5.74) is 0.0583. The number of hydrogen-bond acceptors (Lipinski definition) is 6. The molecule has 0 N–H and O–H groups in total. The van der Waals surface area contributed by atoms with E-state index in [2.05, 4.69) is 4.74 Å². The van der Waals surface area contributed by atoms with Crippen LogP contribution in [0.3, 0.4) is 0 Å². The monoisotopic (exact) mass is 293 g/mol. The Hall–Kier alpha value is -2.97. The molecule has 9 heteroatoms. The van der Waals surface area contributed by atoms with E-state index in [-0.39, 0.29) is 16.7 Å². The van der Waals surface area contributed by atoms with Crippen molar-refractivity contribution in [2.45, 2.75) is 19.6 Å². The van der Waals surface area contributed by atoms with Gasteiger partial charge in [-0.3, -0.25) is 14.9 Å². The Labute approximate surface area is 117 Å². The molecule has 0 amide bonds. The summed E-state index contributed by atoms with van der Waals surface area (Å²) in [5.74, 6) is -0.843. The van der Waals surface area contributed by atoms with E-state index in [9.17, 15) is 25.0 Å². The fraction of sp³-hybridized carbons (Fsp3) is 0.250. The van der Waals surface area contributed by atoms with E-state index >= 15 is 0 Å². The first-order chi connectivity index (χ1) is 9.90. The maximum Gasteiger partial charge on any atom is 0.361 e. The first kappa shape index (κ1) is 14.4. The third-order valence-corrected chi connectivity index (χ3v) is 2.79. The number of ether oxygens (including phenoxy) is 1. The van der Waals surface area contributed by atoms with Gasteiger partial charge in [-0.2, -0.15) is 0 Å². The molecule has 0 aliphatic rings. The smallest absolute Gasteiger partial charge is 0.361 e. The minimum Gasteiger partial charge on any atom is -0.805 e. The number of fused-ring (bicyclic) bond motifs is 1. The summed E-state index contributed by atoms with van der Waals surface area (Å²) in [7, 11) is 0. The SMILES string of the molecule is CC(=O)OC(Cc1c[n+](=O)c2ccccc2n1[O-])[N+](=O)[O-]. The second-order valence-electron chi connectivity index (χ2n) is 4.28. The summed E-state index contributed by atoms with van der Waals surface area (Å²) in [4.78, 5) is 32.7. The first-order valence-corrected chi connectivity index (χ1v) is 5.94. The van der Waals surface area contributed by atoms with Crippen molar-refractivity contribution in [3.8, 4) is 0 Å². The molecule has 1 aromatic heterocycles. The Kier molecular flexibility index (Phi) is 3.83. The van der Waals surface area contributed by atoms with E-state index in [1.165, 1.54) is 12.1 Å². The lowest BCUT2D eigenvalue weighted by molar-refractivity contribution is -0.567. The summed E-state index contributed by atoms with van der Waals surface area (Å²) in [6, 6.07) is 6.04. The molecule has 0 saturated heterocycles. The number of rotatable bonds is 4. The molecule has 21 heavy (non-hydrogen) atoms. The van der Waals surface area contributed by atoms with Gasteiger partial charge in [0.05, 0.1) is 15.0 Å². The minimum atomic E-state index is -1.72. The van der Waals surface area contributed by atoms with Gasteiger partial charge in [0, 0.05) is 17.9 Å². The van der Waals surface area contributed by atoms with Gasteiger partial charge >= 0.3 is 12.2 Å². The van der Waals surface area contributed by atoms with Gasteiger partial charge in [-0.25, -0.2) is 0 Å². The minimum absolute atomic E-state index is 0.0786. The Balaban J connectivity index is 2.47. The molecule has 0 aliphatic carbocycles. The summed E-state index contributed by atoms with van der Waals surface area (Å²) < 4.78 is 5.39. The number of benzene rings is 1. The Morgan fingerprint density at radius 1 is 1.48 bits per heavy atom. The molecule has 9 nitrogen and oxygen atoms in total. The molecule has 0 saturated carbocycles. The van der Waals surface area contributed by atoms with Gasteiger partial charge in [0.2, 0.25) is 6.20 Å². The van der Waals surface area contributed by atoms with Crippen molar-refractivity contribution >= 4 is 17.0 Å². The highest BCUT2D eigenvalue weighted by Crippen LogP contribution is 2.13. The Morgan fingerprint density at radius 3 is 2.76 bits per heavy atom. The highest BCUT2D eigenvalue weighted by Gasteiger charge is 2.26. The van der Waals surface area contributed by atoms with Crippen LogP contribution in [0.1, 0.15) is 12.6 Å². The van der Waals surface area contributed by atoms with Gasteiger partial charge in [0.15, 0.2) is 0 Å². The molecular formula is C12H11N3O6. The van der Waals surface area contributed by atoms with Crippen LogP contribution in [0.2, 0.25) is 0 Å². The molecule has 0 radical (unpaired) electrons. The van der Waals surface area contributed by atoms with Crippen molar-refractivity contribution in [1.29, 1.82) is 0 Å². The molecular weight excluding hydrogens is 282 g/mol. The number of carbonyl (C=O) groups is 1. The predicted octanol–water partition coefficient (Wildman–Crippen LogP) is 0.610. The fourth-order valence-corrected chi connectivity index (χ4v) is 1.90. The van der Waals surface area contributed by atoms with E-state index in [0.717, 1.165) is 13.1 Å². The summed E-state index contributed by atoms with van der Waals surface area (Å²) in [6.07, 6.45) is -1.28. The second kappa shape index (κ2) is 5.57. The zero-order valence-electron chi connectivity index (χ0n) is 11.0. The maximum atomic E-state index is 12.1. The van der Waals surface area contributed by atoms with Crippen LogP contribution in [0.5, 0.6) is 0 Å². The van der Waals surface area contributed by atoms with Crippen LogP contribution in [-0.2, 0) is 16.0 Å². The maximum absolute atomic E-state index is 12.1. The lowest BCUT2D eigenvalue weighted by Crippen LogP contribution is -2.30. The number of esters is 1. The van der Waals surface area contributed by atoms with E-state index in [1.54, 1.807) is 12.1 Å². The lowest BCUT2D eigenvalue weighted by atomic mass is 10.2. The Bertz CT molecular complexity index is 769. The van der Waals surface area contributed by atoms with Crippen molar-refractivity contribution in [1.82, 2.24) is 4.73 Å². The van der Waals surface area contributed by atoms with Crippen molar-refractivity contribution in [3.63, 3.8) is 0 Å². The molecule has 1 heterocycles.